The minimum Gasteiger partial charge on any atom is -0.444 e. The van der Waals surface area contributed by atoms with Gasteiger partial charge in [-0.15, -0.1) is 0 Å². The average Bonchev–Trinajstić information content (AvgIpc) is 2.63. The van der Waals surface area contributed by atoms with Crippen molar-refractivity contribution in [3.8, 4) is 0 Å². The number of hydrogen-bond donors (Lipinski definition) is 1. The van der Waals surface area contributed by atoms with Crippen LogP contribution in [0.1, 0.15) is 40.0 Å². The fourth-order valence-corrected chi connectivity index (χ4v) is 3.40. The largest absolute Gasteiger partial charge is 0.444 e. The quantitative estimate of drug-likeness (QED) is 0.706. The van der Waals surface area contributed by atoms with E-state index in [4.69, 9.17) is 15.2 Å². The zero-order valence-electron chi connectivity index (χ0n) is 11.4. The molecule has 2 bridgehead atoms. The number of nitrogens with two attached hydrogens (primary N) is 1. The average molecular weight is 254 g/mol. The molecule has 3 aliphatic rings. The molecule has 3 fully saturated rings. The first-order valence-corrected chi connectivity index (χ1v) is 6.68. The number of hydrogen-bond acceptors (Lipinski definition) is 4. The summed E-state index contributed by atoms with van der Waals surface area (Å²) in [5.41, 5.74) is 5.45. The van der Waals surface area contributed by atoms with Crippen molar-refractivity contribution in [2.45, 2.75) is 62.9 Å². The molecule has 18 heavy (non-hydrogen) atoms. The Morgan fingerprint density at radius 3 is 2.56 bits per heavy atom. The zero-order valence-corrected chi connectivity index (χ0v) is 11.4. The van der Waals surface area contributed by atoms with Crippen molar-refractivity contribution >= 4 is 6.09 Å². The molecule has 2 unspecified atom stereocenters. The molecule has 0 aromatic rings. The maximum atomic E-state index is 11.9. The van der Waals surface area contributed by atoms with Gasteiger partial charge in [0.15, 0.2) is 0 Å². The van der Waals surface area contributed by atoms with E-state index < -0.39 is 5.60 Å². The minimum atomic E-state index is -0.449. The van der Waals surface area contributed by atoms with Gasteiger partial charge >= 0.3 is 6.09 Å². The lowest BCUT2D eigenvalue weighted by Gasteiger charge is -2.55. The highest BCUT2D eigenvalue weighted by atomic mass is 16.6. The summed E-state index contributed by atoms with van der Waals surface area (Å²) in [5.74, 6) is 0. The van der Waals surface area contributed by atoms with Crippen LogP contribution in [0.5, 0.6) is 0 Å². The number of fused-ring (bicyclic) bond motifs is 3. The van der Waals surface area contributed by atoms with Gasteiger partial charge in [-0.05, 0) is 40.0 Å². The van der Waals surface area contributed by atoms with Gasteiger partial charge in [0.2, 0.25) is 0 Å². The molecule has 2 saturated heterocycles. The third kappa shape index (κ3) is 1.64. The molecule has 2 aliphatic heterocycles. The number of nitrogens with zero attached hydrogens (tertiary/aromatic N) is 1. The van der Waals surface area contributed by atoms with E-state index in [1.54, 1.807) is 4.90 Å². The lowest BCUT2D eigenvalue weighted by Crippen LogP contribution is -2.75. The van der Waals surface area contributed by atoms with E-state index in [1.807, 2.05) is 20.8 Å². The molecule has 2 heterocycles. The number of likely N-dealkylation sites (tertiary alicyclic amines) is 1. The molecule has 1 amide bonds. The predicted octanol–water partition coefficient (Wildman–Crippen LogP) is 1.26. The molecule has 102 valence electrons. The number of rotatable bonds is 0. The maximum Gasteiger partial charge on any atom is 0.410 e. The Morgan fingerprint density at radius 1 is 1.44 bits per heavy atom. The number of amides is 1. The monoisotopic (exact) mass is 254 g/mol. The number of carbonyl (C=O) groups is 1. The van der Waals surface area contributed by atoms with Crippen molar-refractivity contribution in [2.75, 3.05) is 13.1 Å². The van der Waals surface area contributed by atoms with Crippen LogP contribution in [-0.2, 0) is 9.47 Å². The molecule has 2 N–H and O–H groups in total. The standard InChI is InChI=1S/C13H22N2O3/c1-11(2,3)18-10(16)15-7-13(8-15)12(14)5-4-9(6-12)17-13/h9H,4-8,14H2,1-3H3. The zero-order chi connectivity index (χ0) is 13.2. The van der Waals surface area contributed by atoms with Gasteiger partial charge in [0.1, 0.15) is 11.2 Å². The smallest absolute Gasteiger partial charge is 0.410 e. The summed E-state index contributed by atoms with van der Waals surface area (Å²) in [7, 11) is 0. The lowest BCUT2D eigenvalue weighted by molar-refractivity contribution is -0.171. The molecule has 0 radical (unpaired) electrons. The number of ether oxygens (including phenoxy) is 2. The van der Waals surface area contributed by atoms with E-state index in [-0.39, 0.29) is 17.2 Å². The van der Waals surface area contributed by atoms with Crippen molar-refractivity contribution in [3.63, 3.8) is 0 Å². The van der Waals surface area contributed by atoms with E-state index in [9.17, 15) is 4.79 Å². The van der Waals surface area contributed by atoms with Gasteiger partial charge in [0.05, 0.1) is 24.7 Å². The molecule has 0 aromatic heterocycles. The summed E-state index contributed by atoms with van der Waals surface area (Å²) < 4.78 is 11.4. The van der Waals surface area contributed by atoms with Gasteiger partial charge in [0, 0.05) is 0 Å². The van der Waals surface area contributed by atoms with E-state index in [0.29, 0.717) is 19.2 Å². The van der Waals surface area contributed by atoms with Gasteiger partial charge in [-0.25, -0.2) is 4.79 Å². The Labute approximate surface area is 108 Å². The Balaban J connectivity index is 1.62. The van der Waals surface area contributed by atoms with E-state index in [2.05, 4.69) is 0 Å². The first-order valence-electron chi connectivity index (χ1n) is 6.68. The van der Waals surface area contributed by atoms with Crippen LogP contribution in [0.15, 0.2) is 0 Å². The van der Waals surface area contributed by atoms with Crippen LogP contribution < -0.4 is 5.73 Å². The van der Waals surface area contributed by atoms with Crippen molar-refractivity contribution in [3.05, 3.63) is 0 Å². The van der Waals surface area contributed by atoms with E-state index >= 15 is 0 Å². The molecular formula is C13H22N2O3. The third-order valence-corrected chi connectivity index (χ3v) is 4.35. The van der Waals surface area contributed by atoms with E-state index in [1.165, 1.54) is 0 Å². The lowest BCUT2D eigenvalue weighted by atomic mass is 9.74. The molecule has 2 atom stereocenters. The van der Waals surface area contributed by atoms with Crippen molar-refractivity contribution in [1.82, 2.24) is 4.90 Å². The molecule has 1 spiro atoms. The minimum absolute atomic E-state index is 0.226. The highest BCUT2D eigenvalue weighted by Crippen LogP contribution is 2.52. The highest BCUT2D eigenvalue weighted by Gasteiger charge is 2.67. The first-order chi connectivity index (χ1) is 8.23. The van der Waals surface area contributed by atoms with E-state index in [0.717, 1.165) is 19.3 Å². The van der Waals surface area contributed by atoms with Crippen LogP contribution in [0.25, 0.3) is 0 Å². The summed E-state index contributed by atoms with van der Waals surface area (Å²) in [6.07, 6.45) is 3.05. The molecule has 3 rings (SSSR count). The second-order valence-corrected chi connectivity index (χ2v) is 6.97. The predicted molar refractivity (Wildman–Crippen MR) is 66.2 cm³/mol. The van der Waals surface area contributed by atoms with Gasteiger partial charge in [-0.1, -0.05) is 0 Å². The summed E-state index contributed by atoms with van der Waals surface area (Å²) in [5, 5.41) is 0. The van der Waals surface area contributed by atoms with Crippen molar-refractivity contribution < 1.29 is 14.3 Å². The molecule has 5 nitrogen and oxygen atoms in total. The Bertz CT molecular complexity index is 384. The SMILES string of the molecule is CC(C)(C)OC(=O)N1CC2(C1)OC1CCC2(N)C1. The summed E-state index contributed by atoms with van der Waals surface area (Å²) in [4.78, 5) is 13.6. The normalized spacial score (nSPS) is 36.9. The Morgan fingerprint density at radius 2 is 2.11 bits per heavy atom. The fraction of sp³-hybridized carbons (Fsp3) is 0.923. The first kappa shape index (κ1) is 12.2. The molecule has 1 aliphatic carbocycles. The van der Waals surface area contributed by atoms with Crippen LogP contribution in [0, 0.1) is 0 Å². The van der Waals surface area contributed by atoms with Crippen molar-refractivity contribution in [1.29, 1.82) is 0 Å². The molecule has 5 heteroatoms. The number of carbonyl (C=O) groups excluding carboxylic acids is 1. The molecule has 1 saturated carbocycles. The van der Waals surface area contributed by atoms with Gasteiger partial charge in [-0.2, -0.15) is 0 Å². The van der Waals surface area contributed by atoms with Gasteiger partial charge in [-0.3, -0.25) is 0 Å². The summed E-state index contributed by atoms with van der Waals surface area (Å²) in [6.45, 7) is 6.78. The highest BCUT2D eigenvalue weighted by molar-refractivity contribution is 5.70. The van der Waals surface area contributed by atoms with Crippen LogP contribution in [0.3, 0.4) is 0 Å². The van der Waals surface area contributed by atoms with Crippen LogP contribution in [-0.4, -0.2) is 46.9 Å². The third-order valence-electron chi connectivity index (χ3n) is 4.35. The summed E-state index contributed by atoms with van der Waals surface area (Å²) >= 11 is 0. The van der Waals surface area contributed by atoms with Crippen molar-refractivity contribution in [2.24, 2.45) is 5.73 Å². The molecular weight excluding hydrogens is 232 g/mol. The topological polar surface area (TPSA) is 64.8 Å². The second kappa shape index (κ2) is 3.39. The molecule has 0 aromatic carbocycles. The van der Waals surface area contributed by atoms with Crippen LogP contribution in [0.2, 0.25) is 0 Å². The van der Waals surface area contributed by atoms with Gasteiger partial charge < -0.3 is 20.1 Å². The Hall–Kier alpha value is -0.810. The maximum absolute atomic E-state index is 11.9. The van der Waals surface area contributed by atoms with Crippen LogP contribution >= 0.6 is 0 Å². The van der Waals surface area contributed by atoms with Crippen LogP contribution in [0.4, 0.5) is 4.79 Å². The van der Waals surface area contributed by atoms with Gasteiger partial charge in [0.25, 0.3) is 0 Å². The second-order valence-electron chi connectivity index (χ2n) is 6.97. The summed E-state index contributed by atoms with van der Waals surface area (Å²) in [6, 6.07) is 0. The Kier molecular flexibility index (Phi) is 2.31. The fourth-order valence-electron chi connectivity index (χ4n) is 3.40.